The van der Waals surface area contributed by atoms with Gasteiger partial charge in [0.05, 0.1) is 0 Å². The second kappa shape index (κ2) is 10.4. The molecule has 0 aliphatic carbocycles. The number of benzene rings is 2. The zero-order valence-electron chi connectivity index (χ0n) is 18.5. The van der Waals surface area contributed by atoms with Crippen LogP contribution in [0.3, 0.4) is 0 Å². The van der Waals surface area contributed by atoms with Gasteiger partial charge in [-0.15, -0.1) is 0 Å². The minimum absolute atomic E-state index is 0.00461. The summed E-state index contributed by atoms with van der Waals surface area (Å²) in [5.41, 5.74) is 2.96. The van der Waals surface area contributed by atoms with E-state index in [4.69, 9.17) is 0 Å². The lowest BCUT2D eigenvalue weighted by molar-refractivity contribution is -0.132. The number of piperazine rings is 1. The quantitative estimate of drug-likeness (QED) is 0.674. The van der Waals surface area contributed by atoms with Crippen LogP contribution in [0.5, 0.6) is 0 Å². The first kappa shape index (κ1) is 22.1. The molecule has 2 heterocycles. The van der Waals surface area contributed by atoms with E-state index < -0.39 is 0 Å². The van der Waals surface area contributed by atoms with Crippen LogP contribution in [-0.2, 0) is 22.6 Å². The highest BCUT2D eigenvalue weighted by Gasteiger charge is 2.25. The summed E-state index contributed by atoms with van der Waals surface area (Å²) in [4.78, 5) is 42.8. The monoisotopic (exact) mass is 433 g/mol. The van der Waals surface area contributed by atoms with Crippen LogP contribution in [0.4, 0.5) is 0 Å². The molecule has 0 unspecified atom stereocenters. The van der Waals surface area contributed by atoms with Gasteiger partial charge in [0.25, 0.3) is 5.91 Å². The third kappa shape index (κ3) is 5.55. The van der Waals surface area contributed by atoms with Crippen molar-refractivity contribution in [3.8, 4) is 0 Å². The molecule has 0 radical (unpaired) electrons. The number of nitrogens with zero attached hydrogens (tertiary/aromatic N) is 3. The van der Waals surface area contributed by atoms with Crippen molar-refractivity contribution in [1.82, 2.24) is 14.7 Å². The van der Waals surface area contributed by atoms with Crippen molar-refractivity contribution in [2.24, 2.45) is 0 Å². The highest BCUT2D eigenvalue weighted by atomic mass is 16.2. The van der Waals surface area contributed by atoms with Crippen molar-refractivity contribution in [1.29, 1.82) is 0 Å². The van der Waals surface area contributed by atoms with Crippen LogP contribution < -0.4 is 0 Å². The number of amides is 3. The zero-order chi connectivity index (χ0) is 22.3. The molecule has 2 fully saturated rings. The van der Waals surface area contributed by atoms with Crippen LogP contribution in [0.25, 0.3) is 0 Å². The highest BCUT2D eigenvalue weighted by Crippen LogP contribution is 2.16. The third-order valence-electron chi connectivity index (χ3n) is 6.36. The minimum atomic E-state index is 0.00461. The molecule has 0 atom stereocenters. The summed E-state index contributed by atoms with van der Waals surface area (Å²) >= 11 is 0. The maximum absolute atomic E-state index is 12.9. The first-order valence-corrected chi connectivity index (χ1v) is 11.6. The molecule has 6 nitrogen and oxygen atoms in total. The summed E-state index contributed by atoms with van der Waals surface area (Å²) in [5.74, 6) is 0.386. The Hall–Kier alpha value is -3.15. The topological polar surface area (TPSA) is 60.9 Å². The summed E-state index contributed by atoms with van der Waals surface area (Å²) in [6, 6.07) is 17.8. The number of aryl methyl sites for hydroxylation is 1. The number of carbonyl (C=O) groups is 3. The van der Waals surface area contributed by atoms with E-state index in [-0.39, 0.29) is 17.7 Å². The van der Waals surface area contributed by atoms with Gasteiger partial charge in [-0.1, -0.05) is 42.5 Å². The molecule has 0 N–H and O–H groups in total. The molecule has 0 aromatic heterocycles. The number of rotatable bonds is 7. The second-order valence-electron chi connectivity index (χ2n) is 8.63. The van der Waals surface area contributed by atoms with Crippen LogP contribution in [0, 0.1) is 0 Å². The van der Waals surface area contributed by atoms with Gasteiger partial charge in [-0.05, 0) is 42.5 Å². The Morgan fingerprint density at radius 2 is 1.47 bits per heavy atom. The predicted molar refractivity (Wildman–Crippen MR) is 123 cm³/mol. The second-order valence-corrected chi connectivity index (χ2v) is 8.63. The summed E-state index contributed by atoms with van der Waals surface area (Å²) in [5, 5.41) is 0. The number of hydrogen-bond donors (Lipinski definition) is 0. The molecule has 32 heavy (non-hydrogen) atoms. The molecule has 3 amide bonds. The normalized spacial score (nSPS) is 16.5. The summed E-state index contributed by atoms with van der Waals surface area (Å²) in [7, 11) is 0. The first-order valence-electron chi connectivity index (χ1n) is 11.6. The van der Waals surface area contributed by atoms with E-state index >= 15 is 0 Å². The van der Waals surface area contributed by atoms with Gasteiger partial charge in [-0.3, -0.25) is 14.4 Å². The highest BCUT2D eigenvalue weighted by molar-refractivity contribution is 5.94. The van der Waals surface area contributed by atoms with Gasteiger partial charge in [-0.25, -0.2) is 0 Å². The molecular formula is C26H31N3O3. The molecule has 2 saturated heterocycles. The van der Waals surface area contributed by atoms with E-state index in [1.165, 1.54) is 5.56 Å². The van der Waals surface area contributed by atoms with Crippen molar-refractivity contribution in [3.63, 3.8) is 0 Å². The lowest BCUT2D eigenvalue weighted by Crippen LogP contribution is -2.50. The fourth-order valence-electron chi connectivity index (χ4n) is 4.43. The fourth-order valence-corrected chi connectivity index (χ4v) is 4.43. The smallest absolute Gasteiger partial charge is 0.253 e. The van der Waals surface area contributed by atoms with Crippen LogP contribution >= 0.6 is 0 Å². The summed E-state index contributed by atoms with van der Waals surface area (Å²) in [6.45, 7) is 3.73. The van der Waals surface area contributed by atoms with Crippen molar-refractivity contribution in [2.45, 2.75) is 38.6 Å². The van der Waals surface area contributed by atoms with Crippen molar-refractivity contribution in [2.75, 3.05) is 32.7 Å². The van der Waals surface area contributed by atoms with Gasteiger partial charge in [0, 0.05) is 57.7 Å². The summed E-state index contributed by atoms with van der Waals surface area (Å²) in [6.07, 6.45) is 3.86. The van der Waals surface area contributed by atoms with Crippen molar-refractivity contribution < 1.29 is 14.4 Å². The Labute approximate surface area is 189 Å². The van der Waals surface area contributed by atoms with Gasteiger partial charge in [0.15, 0.2) is 0 Å². The average molecular weight is 434 g/mol. The maximum atomic E-state index is 12.9. The molecule has 0 saturated carbocycles. The average Bonchev–Trinajstić information content (AvgIpc) is 3.24. The Bertz CT molecular complexity index is 935. The van der Waals surface area contributed by atoms with E-state index in [0.717, 1.165) is 31.4 Å². The fraction of sp³-hybridized carbons (Fsp3) is 0.423. The van der Waals surface area contributed by atoms with E-state index in [1.54, 1.807) is 0 Å². The molecule has 4 rings (SSSR count). The van der Waals surface area contributed by atoms with E-state index in [0.29, 0.717) is 51.1 Å². The molecule has 2 aromatic rings. The third-order valence-corrected chi connectivity index (χ3v) is 6.36. The van der Waals surface area contributed by atoms with E-state index in [2.05, 4.69) is 12.1 Å². The molecule has 0 bridgehead atoms. The Kier molecular flexibility index (Phi) is 7.20. The standard InChI is InChI=1S/C26H31N3O3/c30-24(9-4-8-21-6-2-1-3-7-21)27-16-18-28(19-17-27)26(32)23-13-11-22(12-14-23)20-29-15-5-10-25(29)31/h1-3,6-7,11-14H,4-5,8-10,15-20H2. The van der Waals surface area contributed by atoms with Gasteiger partial charge in [-0.2, -0.15) is 0 Å². The Morgan fingerprint density at radius 3 is 2.12 bits per heavy atom. The lowest BCUT2D eigenvalue weighted by Gasteiger charge is -2.35. The number of likely N-dealkylation sites (tertiary alicyclic amines) is 1. The SMILES string of the molecule is O=C(CCCc1ccccc1)N1CCN(C(=O)c2ccc(CN3CCCC3=O)cc2)CC1. The van der Waals surface area contributed by atoms with Crippen LogP contribution in [0.1, 0.15) is 47.2 Å². The van der Waals surface area contributed by atoms with Crippen LogP contribution in [0.15, 0.2) is 54.6 Å². The van der Waals surface area contributed by atoms with Crippen molar-refractivity contribution in [3.05, 3.63) is 71.3 Å². The van der Waals surface area contributed by atoms with Gasteiger partial charge in [0.2, 0.25) is 11.8 Å². The molecular weight excluding hydrogens is 402 g/mol. The number of hydrogen-bond acceptors (Lipinski definition) is 3. The Balaban J connectivity index is 1.21. The predicted octanol–water partition coefficient (Wildman–Crippen LogP) is 3.12. The van der Waals surface area contributed by atoms with E-state index in [1.807, 2.05) is 57.2 Å². The molecule has 0 spiro atoms. The number of carbonyl (C=O) groups excluding carboxylic acids is 3. The zero-order valence-corrected chi connectivity index (χ0v) is 18.5. The summed E-state index contributed by atoms with van der Waals surface area (Å²) < 4.78 is 0. The lowest BCUT2D eigenvalue weighted by atomic mass is 10.1. The van der Waals surface area contributed by atoms with Crippen LogP contribution in [-0.4, -0.2) is 65.1 Å². The molecule has 168 valence electrons. The minimum Gasteiger partial charge on any atom is -0.339 e. The van der Waals surface area contributed by atoms with E-state index in [9.17, 15) is 14.4 Å². The van der Waals surface area contributed by atoms with Gasteiger partial charge < -0.3 is 14.7 Å². The molecule has 2 aliphatic rings. The maximum Gasteiger partial charge on any atom is 0.253 e. The van der Waals surface area contributed by atoms with Gasteiger partial charge in [0.1, 0.15) is 0 Å². The first-order chi connectivity index (χ1) is 15.6. The molecule has 2 aliphatic heterocycles. The molecule has 2 aromatic carbocycles. The molecule has 6 heteroatoms. The Morgan fingerprint density at radius 1 is 0.781 bits per heavy atom. The van der Waals surface area contributed by atoms with Gasteiger partial charge >= 0.3 is 0 Å². The van der Waals surface area contributed by atoms with Crippen LogP contribution in [0.2, 0.25) is 0 Å². The largest absolute Gasteiger partial charge is 0.339 e. The van der Waals surface area contributed by atoms with Crippen molar-refractivity contribution >= 4 is 17.7 Å².